The molecular formula is C22H23FN2O2. The third-order valence-corrected chi connectivity index (χ3v) is 6.36. The number of benzene rings is 2. The molecule has 5 heteroatoms. The first-order chi connectivity index (χ1) is 13.1. The van der Waals surface area contributed by atoms with Crippen molar-refractivity contribution >= 4 is 5.91 Å². The SMILES string of the molecule is CN1C[C@@H](C(=O)N2CCc3ccccc3C2)[C@@H]2COc3ccc(F)cc3[C@@H]21. The molecule has 3 heterocycles. The number of nitrogens with zero attached hydrogens (tertiary/aromatic N) is 2. The molecule has 3 aliphatic rings. The zero-order chi connectivity index (χ0) is 18.5. The van der Waals surface area contributed by atoms with Crippen LogP contribution in [0.25, 0.3) is 0 Å². The van der Waals surface area contributed by atoms with Gasteiger partial charge < -0.3 is 9.64 Å². The number of carbonyl (C=O) groups is 1. The van der Waals surface area contributed by atoms with Crippen LogP contribution >= 0.6 is 0 Å². The van der Waals surface area contributed by atoms with Gasteiger partial charge in [0.2, 0.25) is 5.91 Å². The van der Waals surface area contributed by atoms with Crippen molar-refractivity contribution in [2.75, 3.05) is 26.7 Å². The molecule has 0 bridgehead atoms. The van der Waals surface area contributed by atoms with Crippen LogP contribution in [-0.2, 0) is 17.8 Å². The Morgan fingerprint density at radius 2 is 2.00 bits per heavy atom. The Bertz CT molecular complexity index is 900. The van der Waals surface area contributed by atoms with Crippen molar-refractivity contribution in [3.05, 3.63) is 65.0 Å². The van der Waals surface area contributed by atoms with E-state index in [-0.39, 0.29) is 29.6 Å². The number of ether oxygens (including phenoxy) is 1. The average molecular weight is 366 g/mol. The molecule has 1 fully saturated rings. The first kappa shape index (κ1) is 16.8. The highest BCUT2D eigenvalue weighted by Crippen LogP contribution is 2.47. The fourth-order valence-electron chi connectivity index (χ4n) is 5.03. The van der Waals surface area contributed by atoms with Crippen LogP contribution in [0.3, 0.4) is 0 Å². The largest absolute Gasteiger partial charge is 0.493 e. The van der Waals surface area contributed by atoms with Crippen molar-refractivity contribution in [3.8, 4) is 5.75 Å². The fourth-order valence-corrected chi connectivity index (χ4v) is 5.03. The lowest BCUT2D eigenvalue weighted by molar-refractivity contribution is -0.137. The molecule has 1 amide bonds. The van der Waals surface area contributed by atoms with E-state index in [9.17, 15) is 9.18 Å². The van der Waals surface area contributed by atoms with E-state index < -0.39 is 0 Å². The molecule has 4 nitrogen and oxygen atoms in total. The van der Waals surface area contributed by atoms with Crippen LogP contribution < -0.4 is 4.74 Å². The van der Waals surface area contributed by atoms with E-state index in [0.717, 1.165) is 24.3 Å². The van der Waals surface area contributed by atoms with Crippen molar-refractivity contribution in [1.29, 1.82) is 0 Å². The van der Waals surface area contributed by atoms with Crippen molar-refractivity contribution in [3.63, 3.8) is 0 Å². The number of fused-ring (bicyclic) bond motifs is 4. The summed E-state index contributed by atoms with van der Waals surface area (Å²) in [5.41, 5.74) is 3.45. The molecule has 3 atom stereocenters. The maximum Gasteiger partial charge on any atom is 0.227 e. The van der Waals surface area contributed by atoms with Crippen molar-refractivity contribution in [2.24, 2.45) is 11.8 Å². The first-order valence-corrected chi connectivity index (χ1v) is 9.60. The predicted molar refractivity (Wildman–Crippen MR) is 99.8 cm³/mol. The van der Waals surface area contributed by atoms with Crippen LogP contribution in [0.15, 0.2) is 42.5 Å². The van der Waals surface area contributed by atoms with Gasteiger partial charge in [-0.15, -0.1) is 0 Å². The van der Waals surface area contributed by atoms with Crippen molar-refractivity contribution in [1.82, 2.24) is 9.80 Å². The van der Waals surface area contributed by atoms with Crippen LogP contribution in [0.4, 0.5) is 4.39 Å². The monoisotopic (exact) mass is 366 g/mol. The zero-order valence-electron chi connectivity index (χ0n) is 15.4. The van der Waals surface area contributed by atoms with E-state index in [1.165, 1.54) is 17.2 Å². The van der Waals surface area contributed by atoms with Crippen molar-refractivity contribution < 1.29 is 13.9 Å². The van der Waals surface area contributed by atoms with Gasteiger partial charge in [-0.3, -0.25) is 9.69 Å². The van der Waals surface area contributed by atoms with E-state index >= 15 is 0 Å². The highest BCUT2D eigenvalue weighted by Gasteiger charge is 2.48. The minimum atomic E-state index is -0.256. The highest BCUT2D eigenvalue weighted by atomic mass is 19.1. The summed E-state index contributed by atoms with van der Waals surface area (Å²) in [6.07, 6.45) is 0.906. The minimum absolute atomic E-state index is 0.0375. The van der Waals surface area contributed by atoms with Gasteiger partial charge in [-0.25, -0.2) is 4.39 Å². The number of rotatable bonds is 1. The Morgan fingerprint density at radius 1 is 1.19 bits per heavy atom. The average Bonchev–Trinajstić information content (AvgIpc) is 3.04. The Morgan fingerprint density at radius 3 is 2.85 bits per heavy atom. The van der Waals surface area contributed by atoms with Gasteiger partial charge in [0.05, 0.1) is 12.5 Å². The molecule has 0 aromatic heterocycles. The van der Waals surface area contributed by atoms with Crippen LogP contribution in [0.1, 0.15) is 22.7 Å². The second kappa shape index (κ2) is 6.34. The Labute approximate surface area is 158 Å². The van der Waals surface area contributed by atoms with Crippen molar-refractivity contribution in [2.45, 2.75) is 19.0 Å². The van der Waals surface area contributed by atoms with Gasteiger partial charge in [-0.05, 0) is 42.8 Å². The quantitative estimate of drug-likeness (QED) is 0.778. The maximum atomic E-state index is 13.8. The summed E-state index contributed by atoms with van der Waals surface area (Å²) < 4.78 is 19.7. The Kier molecular flexibility index (Phi) is 3.93. The standard InChI is InChI=1S/C22H23FN2O2/c1-24-12-18(19-13-27-20-7-6-16(23)10-17(20)21(19)24)22(26)25-9-8-14-4-2-3-5-15(14)11-25/h2-7,10,18-19,21H,8-9,11-13H2,1H3/t18-,19+,21+/m1/s1. The molecule has 2 aromatic carbocycles. The molecule has 27 heavy (non-hydrogen) atoms. The van der Waals surface area contributed by atoms with Gasteiger partial charge in [-0.1, -0.05) is 24.3 Å². The van der Waals surface area contributed by atoms with Gasteiger partial charge in [0, 0.05) is 37.2 Å². The molecule has 0 radical (unpaired) electrons. The van der Waals surface area contributed by atoms with Gasteiger partial charge in [0.25, 0.3) is 0 Å². The second-order valence-corrected chi connectivity index (χ2v) is 7.93. The summed E-state index contributed by atoms with van der Waals surface area (Å²) in [6, 6.07) is 13.1. The van der Waals surface area contributed by atoms with Crippen LogP contribution in [0.5, 0.6) is 5.75 Å². The first-order valence-electron chi connectivity index (χ1n) is 9.60. The third kappa shape index (κ3) is 2.72. The maximum absolute atomic E-state index is 13.8. The van der Waals surface area contributed by atoms with Crippen LogP contribution in [-0.4, -0.2) is 42.5 Å². The molecule has 0 spiro atoms. The lowest BCUT2D eigenvalue weighted by Crippen LogP contribution is -2.43. The Balaban J connectivity index is 1.40. The number of carbonyl (C=O) groups excluding carboxylic acids is 1. The van der Waals surface area contributed by atoms with Gasteiger partial charge in [0.1, 0.15) is 11.6 Å². The van der Waals surface area contributed by atoms with E-state index in [1.807, 2.05) is 18.0 Å². The summed E-state index contributed by atoms with van der Waals surface area (Å²) in [6.45, 7) is 2.64. The number of likely N-dealkylation sites (tertiary alicyclic amines) is 1. The van der Waals surface area contributed by atoms with E-state index in [2.05, 4.69) is 23.1 Å². The van der Waals surface area contributed by atoms with Crippen LogP contribution in [0, 0.1) is 17.7 Å². The second-order valence-electron chi connectivity index (χ2n) is 7.93. The van der Waals surface area contributed by atoms with Gasteiger partial charge in [0.15, 0.2) is 0 Å². The molecule has 0 aliphatic carbocycles. The number of hydrogen-bond acceptors (Lipinski definition) is 3. The molecule has 0 N–H and O–H groups in total. The molecule has 3 aliphatic heterocycles. The third-order valence-electron chi connectivity index (χ3n) is 6.36. The Hall–Kier alpha value is -2.40. The topological polar surface area (TPSA) is 32.8 Å². The number of hydrogen-bond donors (Lipinski definition) is 0. The lowest BCUT2D eigenvalue weighted by atomic mass is 9.84. The summed E-state index contributed by atoms with van der Waals surface area (Å²) in [5.74, 6) is 0.640. The smallest absolute Gasteiger partial charge is 0.227 e. The fraction of sp³-hybridized carbons (Fsp3) is 0.409. The normalized spacial score (nSPS) is 26.7. The van der Waals surface area contributed by atoms with E-state index in [0.29, 0.717) is 19.7 Å². The van der Waals surface area contributed by atoms with Gasteiger partial charge in [-0.2, -0.15) is 0 Å². The van der Waals surface area contributed by atoms with Gasteiger partial charge >= 0.3 is 0 Å². The number of amides is 1. The lowest BCUT2D eigenvalue weighted by Gasteiger charge is -2.35. The summed E-state index contributed by atoms with van der Waals surface area (Å²) in [5, 5.41) is 0. The van der Waals surface area contributed by atoms with Crippen LogP contribution in [0.2, 0.25) is 0 Å². The predicted octanol–water partition coefficient (Wildman–Crippen LogP) is 3.02. The van der Waals surface area contributed by atoms with E-state index in [1.54, 1.807) is 12.1 Å². The summed E-state index contributed by atoms with van der Waals surface area (Å²) >= 11 is 0. The minimum Gasteiger partial charge on any atom is -0.493 e. The number of halogens is 1. The summed E-state index contributed by atoms with van der Waals surface area (Å²) in [7, 11) is 2.02. The summed E-state index contributed by atoms with van der Waals surface area (Å²) in [4.78, 5) is 17.5. The molecule has 0 saturated carbocycles. The molecule has 0 unspecified atom stereocenters. The highest BCUT2D eigenvalue weighted by molar-refractivity contribution is 5.80. The molecule has 2 aromatic rings. The molecule has 140 valence electrons. The zero-order valence-corrected chi connectivity index (χ0v) is 15.4. The molecular weight excluding hydrogens is 343 g/mol. The molecule has 5 rings (SSSR count). The molecule has 1 saturated heterocycles. The van der Waals surface area contributed by atoms with E-state index in [4.69, 9.17) is 4.74 Å².